The number of aliphatic hydroxyl groups is 1. The fraction of sp³-hybridized carbons (Fsp3) is 0.455. The fourth-order valence-electron chi connectivity index (χ4n) is 3.74. The molecule has 2 aromatic rings. The number of Topliss-reactive ketones (excluding diaryl/α,β-unsaturated/α-hetero) is 1. The highest BCUT2D eigenvalue weighted by atomic mass is 19.4. The Balaban J connectivity index is 1.69. The van der Waals surface area contributed by atoms with Gasteiger partial charge in [-0.1, -0.05) is 12.1 Å². The second-order valence-corrected chi connectivity index (χ2v) is 8.30. The van der Waals surface area contributed by atoms with Crippen molar-refractivity contribution in [3.63, 3.8) is 0 Å². The fourth-order valence-corrected chi connectivity index (χ4v) is 3.74. The number of hydrogen-bond donors (Lipinski definition) is 3. The standard InChI is InChI=1S/C22H26F4N6O3/c1-2-32(9-14-3-5-15(6-4-14)22(24,25)26)20-18(23)19(29-13-30-20)28-12-21(35)7-8-31(10-16(21)33)11-17(27)34/h3-6,13,35H,2,7-12H2,1H3,(H2,27,34)(H,28,29,30)/t21-/m0/s1. The van der Waals surface area contributed by atoms with E-state index < -0.39 is 34.8 Å². The lowest BCUT2D eigenvalue weighted by Crippen LogP contribution is -2.57. The van der Waals surface area contributed by atoms with E-state index in [1.165, 1.54) is 21.9 Å². The molecule has 0 saturated carbocycles. The highest BCUT2D eigenvalue weighted by Crippen LogP contribution is 2.30. The summed E-state index contributed by atoms with van der Waals surface area (Å²) in [4.78, 5) is 34.3. The van der Waals surface area contributed by atoms with Crippen LogP contribution in [0.2, 0.25) is 0 Å². The van der Waals surface area contributed by atoms with Gasteiger partial charge in [-0.2, -0.15) is 17.6 Å². The average molecular weight is 498 g/mol. The third kappa shape index (κ3) is 6.42. The van der Waals surface area contributed by atoms with Crippen LogP contribution in [0.5, 0.6) is 0 Å². The number of nitrogens with zero attached hydrogens (tertiary/aromatic N) is 4. The Labute approximate surface area is 198 Å². The van der Waals surface area contributed by atoms with E-state index in [0.717, 1.165) is 18.5 Å². The van der Waals surface area contributed by atoms with E-state index in [1.807, 2.05) is 0 Å². The molecule has 1 fully saturated rings. The minimum absolute atomic E-state index is 0.0146. The van der Waals surface area contributed by atoms with Crippen LogP contribution in [-0.2, 0) is 22.3 Å². The Morgan fingerprint density at radius 3 is 2.54 bits per heavy atom. The topological polar surface area (TPSA) is 125 Å². The molecule has 9 nitrogen and oxygen atoms in total. The number of carbonyl (C=O) groups excluding carboxylic acids is 2. The number of rotatable bonds is 9. The zero-order valence-corrected chi connectivity index (χ0v) is 19.0. The van der Waals surface area contributed by atoms with E-state index in [0.29, 0.717) is 12.1 Å². The maximum absolute atomic E-state index is 15.2. The Morgan fingerprint density at radius 1 is 1.29 bits per heavy atom. The van der Waals surface area contributed by atoms with Gasteiger partial charge in [-0.05, 0) is 31.0 Å². The van der Waals surface area contributed by atoms with E-state index in [4.69, 9.17) is 5.73 Å². The van der Waals surface area contributed by atoms with Gasteiger partial charge >= 0.3 is 6.18 Å². The highest BCUT2D eigenvalue weighted by molar-refractivity contribution is 5.90. The first kappa shape index (κ1) is 26.3. The van der Waals surface area contributed by atoms with Crippen LogP contribution in [0, 0.1) is 5.82 Å². The summed E-state index contributed by atoms with van der Waals surface area (Å²) in [6.45, 7) is 1.79. The van der Waals surface area contributed by atoms with Crippen LogP contribution < -0.4 is 16.0 Å². The van der Waals surface area contributed by atoms with Crippen LogP contribution in [0.1, 0.15) is 24.5 Å². The molecule has 1 aliphatic rings. The van der Waals surface area contributed by atoms with E-state index in [9.17, 15) is 27.9 Å². The summed E-state index contributed by atoms with van der Waals surface area (Å²) in [7, 11) is 0. The van der Waals surface area contributed by atoms with Gasteiger partial charge in [0.2, 0.25) is 11.7 Å². The molecule has 0 unspecified atom stereocenters. The second-order valence-electron chi connectivity index (χ2n) is 8.30. The van der Waals surface area contributed by atoms with Gasteiger partial charge in [0.25, 0.3) is 0 Å². The molecule has 1 aliphatic heterocycles. The van der Waals surface area contributed by atoms with E-state index in [1.54, 1.807) is 6.92 Å². The van der Waals surface area contributed by atoms with Crippen molar-refractivity contribution in [3.8, 4) is 0 Å². The van der Waals surface area contributed by atoms with Crippen molar-refractivity contribution in [2.45, 2.75) is 31.7 Å². The summed E-state index contributed by atoms with van der Waals surface area (Å²) in [6.07, 6.45) is -3.33. The molecule has 0 spiro atoms. The molecule has 3 rings (SSSR count). The van der Waals surface area contributed by atoms with Gasteiger partial charge in [0.15, 0.2) is 17.4 Å². The summed E-state index contributed by atoms with van der Waals surface area (Å²) in [5.41, 5.74) is 3.10. The number of benzene rings is 1. The van der Waals surface area contributed by atoms with Crippen LogP contribution in [0.3, 0.4) is 0 Å². The van der Waals surface area contributed by atoms with E-state index in [2.05, 4.69) is 15.3 Å². The number of nitrogens with one attached hydrogen (secondary N) is 1. The molecule has 190 valence electrons. The van der Waals surface area contributed by atoms with Crippen molar-refractivity contribution in [1.29, 1.82) is 0 Å². The predicted molar refractivity (Wildman–Crippen MR) is 119 cm³/mol. The van der Waals surface area contributed by atoms with Crippen molar-refractivity contribution in [2.24, 2.45) is 5.73 Å². The molecule has 13 heteroatoms. The molecule has 4 N–H and O–H groups in total. The number of nitrogens with two attached hydrogens (primary N) is 1. The van der Waals surface area contributed by atoms with Gasteiger partial charge in [0, 0.05) is 19.6 Å². The highest BCUT2D eigenvalue weighted by Gasteiger charge is 2.40. The van der Waals surface area contributed by atoms with Gasteiger partial charge in [0.05, 0.1) is 25.2 Å². The molecule has 0 bridgehead atoms. The van der Waals surface area contributed by atoms with E-state index >= 15 is 4.39 Å². The lowest BCUT2D eigenvalue weighted by molar-refractivity contribution is -0.143. The maximum Gasteiger partial charge on any atom is 0.416 e. The predicted octanol–water partition coefficient (Wildman–Crippen LogP) is 1.56. The first-order valence-corrected chi connectivity index (χ1v) is 10.8. The third-order valence-corrected chi connectivity index (χ3v) is 5.76. The van der Waals surface area contributed by atoms with Crippen molar-refractivity contribution >= 4 is 23.3 Å². The van der Waals surface area contributed by atoms with Crippen molar-refractivity contribution in [1.82, 2.24) is 14.9 Å². The third-order valence-electron chi connectivity index (χ3n) is 5.76. The van der Waals surface area contributed by atoms with Gasteiger partial charge in [0.1, 0.15) is 11.9 Å². The first-order chi connectivity index (χ1) is 16.4. The molecule has 0 aliphatic carbocycles. The summed E-state index contributed by atoms with van der Waals surface area (Å²) < 4.78 is 53.6. The largest absolute Gasteiger partial charge is 0.416 e. The molecular formula is C22H26F4N6O3. The molecule has 1 amide bonds. The lowest BCUT2D eigenvalue weighted by atomic mass is 9.90. The Hall–Kier alpha value is -3.32. The van der Waals surface area contributed by atoms with Crippen LogP contribution in [-0.4, -0.2) is 70.0 Å². The summed E-state index contributed by atoms with van der Waals surface area (Å²) in [6, 6.07) is 4.54. The Morgan fingerprint density at radius 2 is 1.97 bits per heavy atom. The number of likely N-dealkylation sites (tertiary alicyclic amines) is 1. The van der Waals surface area contributed by atoms with E-state index in [-0.39, 0.29) is 50.8 Å². The summed E-state index contributed by atoms with van der Waals surface area (Å²) >= 11 is 0. The Bertz CT molecular complexity index is 1070. The quantitative estimate of drug-likeness (QED) is 0.445. The molecular weight excluding hydrogens is 472 g/mol. The number of ketones is 1. The van der Waals surface area contributed by atoms with Crippen LogP contribution in [0.25, 0.3) is 0 Å². The van der Waals surface area contributed by atoms with Gasteiger partial charge in [-0.15, -0.1) is 0 Å². The monoisotopic (exact) mass is 498 g/mol. The number of piperidine rings is 1. The number of carbonyl (C=O) groups is 2. The number of halogens is 4. The Kier molecular flexibility index (Phi) is 7.90. The van der Waals surface area contributed by atoms with Gasteiger partial charge in [-0.3, -0.25) is 14.5 Å². The zero-order chi connectivity index (χ0) is 25.8. The first-order valence-electron chi connectivity index (χ1n) is 10.8. The number of hydrogen-bond acceptors (Lipinski definition) is 8. The molecule has 1 aromatic heterocycles. The average Bonchev–Trinajstić information content (AvgIpc) is 2.79. The number of anilines is 2. The second kappa shape index (κ2) is 10.5. The van der Waals surface area contributed by atoms with Gasteiger partial charge in [-0.25, -0.2) is 9.97 Å². The van der Waals surface area contributed by atoms with Crippen molar-refractivity contribution in [3.05, 3.63) is 47.5 Å². The smallest absolute Gasteiger partial charge is 0.380 e. The normalized spacial score (nSPS) is 19.0. The lowest BCUT2D eigenvalue weighted by Gasteiger charge is -2.36. The van der Waals surface area contributed by atoms with Crippen LogP contribution in [0.15, 0.2) is 30.6 Å². The molecule has 2 heterocycles. The van der Waals surface area contributed by atoms with Gasteiger partial charge < -0.3 is 21.1 Å². The van der Waals surface area contributed by atoms with Crippen molar-refractivity contribution in [2.75, 3.05) is 42.9 Å². The number of alkyl halides is 3. The summed E-state index contributed by atoms with van der Waals surface area (Å²) in [5, 5.41) is 13.4. The minimum Gasteiger partial charge on any atom is -0.380 e. The molecule has 1 atom stereocenters. The molecule has 35 heavy (non-hydrogen) atoms. The maximum atomic E-state index is 15.2. The zero-order valence-electron chi connectivity index (χ0n) is 19.0. The van der Waals surface area contributed by atoms with Crippen LogP contribution >= 0.6 is 0 Å². The molecule has 0 radical (unpaired) electrons. The van der Waals surface area contributed by atoms with Crippen LogP contribution in [0.4, 0.5) is 29.2 Å². The van der Waals surface area contributed by atoms with Crippen molar-refractivity contribution < 1.29 is 32.3 Å². The minimum atomic E-state index is -4.45. The SMILES string of the molecule is CCN(Cc1ccc(C(F)(F)F)cc1)c1ncnc(NC[C@@]2(O)CCN(CC(N)=O)CC2=O)c1F. The molecule has 1 aromatic carbocycles. The molecule has 1 saturated heterocycles. The summed E-state index contributed by atoms with van der Waals surface area (Å²) in [5.74, 6) is -2.27. The number of amides is 1. The number of aromatic nitrogens is 2. The number of primary amides is 1.